The van der Waals surface area contributed by atoms with Crippen LogP contribution in [0.25, 0.3) is 0 Å². The van der Waals surface area contributed by atoms with Crippen LogP contribution in [-0.4, -0.2) is 55.0 Å². The van der Waals surface area contributed by atoms with Crippen molar-refractivity contribution in [3.05, 3.63) is 35.4 Å². The predicted octanol–water partition coefficient (Wildman–Crippen LogP) is 2.28. The highest BCUT2D eigenvalue weighted by molar-refractivity contribution is 5.76. The first-order chi connectivity index (χ1) is 12.2. The van der Waals surface area contributed by atoms with E-state index in [1.807, 2.05) is 6.92 Å². The minimum absolute atomic E-state index is 0.240. The summed E-state index contributed by atoms with van der Waals surface area (Å²) >= 11 is 0. The van der Waals surface area contributed by atoms with Gasteiger partial charge in [-0.05, 0) is 55.9 Å². The van der Waals surface area contributed by atoms with Crippen LogP contribution in [0.3, 0.4) is 0 Å². The second kappa shape index (κ2) is 7.08. The summed E-state index contributed by atoms with van der Waals surface area (Å²) in [6.07, 6.45) is 4.26. The van der Waals surface area contributed by atoms with E-state index in [2.05, 4.69) is 39.4 Å². The van der Waals surface area contributed by atoms with E-state index < -0.39 is 0 Å². The molecule has 2 unspecified atom stereocenters. The maximum atomic E-state index is 12.5. The van der Waals surface area contributed by atoms with Crippen LogP contribution in [0.2, 0.25) is 0 Å². The van der Waals surface area contributed by atoms with E-state index in [0.29, 0.717) is 12.3 Å². The lowest BCUT2D eigenvalue weighted by Gasteiger charge is -2.33. The van der Waals surface area contributed by atoms with Crippen molar-refractivity contribution in [1.29, 1.82) is 0 Å². The fourth-order valence-corrected chi connectivity index (χ4v) is 5.10. The monoisotopic (exact) mass is 341 g/mol. The van der Waals surface area contributed by atoms with E-state index in [0.717, 1.165) is 32.0 Å². The van der Waals surface area contributed by atoms with Gasteiger partial charge in [0.25, 0.3) is 0 Å². The molecule has 0 aliphatic carbocycles. The molecule has 2 fully saturated rings. The van der Waals surface area contributed by atoms with Crippen LogP contribution in [0, 0.1) is 11.3 Å². The fourth-order valence-electron chi connectivity index (χ4n) is 5.10. The summed E-state index contributed by atoms with van der Waals surface area (Å²) in [5, 5.41) is 3.49. The molecule has 3 aliphatic rings. The lowest BCUT2D eigenvalue weighted by Crippen LogP contribution is -2.42. The Bertz CT molecular complexity index is 625. The van der Waals surface area contributed by atoms with Crippen molar-refractivity contribution >= 4 is 5.91 Å². The smallest absolute Gasteiger partial charge is 0.222 e. The molecule has 136 valence electrons. The molecule has 1 amide bonds. The highest BCUT2D eigenvalue weighted by Crippen LogP contribution is 2.39. The van der Waals surface area contributed by atoms with E-state index in [1.54, 1.807) is 0 Å². The van der Waals surface area contributed by atoms with Crippen LogP contribution in [0.1, 0.15) is 37.3 Å². The topological polar surface area (TPSA) is 35.6 Å². The van der Waals surface area contributed by atoms with E-state index in [4.69, 9.17) is 0 Å². The van der Waals surface area contributed by atoms with Gasteiger partial charge in [-0.3, -0.25) is 4.79 Å². The normalized spacial score (nSPS) is 29.8. The van der Waals surface area contributed by atoms with Crippen molar-refractivity contribution < 1.29 is 4.79 Å². The number of likely N-dealkylation sites (tertiary alicyclic amines) is 1. The van der Waals surface area contributed by atoms with Gasteiger partial charge in [-0.25, -0.2) is 0 Å². The third kappa shape index (κ3) is 3.61. The minimum atomic E-state index is 0.240. The molecule has 1 spiro atoms. The first-order valence-electron chi connectivity index (χ1n) is 9.95. The number of nitrogens with one attached hydrogen (secondary N) is 1. The van der Waals surface area contributed by atoms with Crippen molar-refractivity contribution in [2.75, 3.05) is 39.3 Å². The van der Waals surface area contributed by atoms with Crippen LogP contribution >= 0.6 is 0 Å². The third-order valence-corrected chi connectivity index (χ3v) is 6.42. The summed E-state index contributed by atoms with van der Waals surface area (Å²) < 4.78 is 0. The Morgan fingerprint density at radius 2 is 2.12 bits per heavy atom. The predicted molar refractivity (Wildman–Crippen MR) is 100 cm³/mol. The van der Waals surface area contributed by atoms with Crippen molar-refractivity contribution in [3.63, 3.8) is 0 Å². The van der Waals surface area contributed by atoms with Gasteiger partial charge in [0.05, 0.1) is 0 Å². The van der Waals surface area contributed by atoms with Crippen molar-refractivity contribution in [3.8, 4) is 0 Å². The molecule has 3 heterocycles. The first kappa shape index (κ1) is 17.0. The number of amides is 1. The Balaban J connectivity index is 1.54. The third-order valence-electron chi connectivity index (χ3n) is 6.42. The van der Waals surface area contributed by atoms with Crippen molar-refractivity contribution in [1.82, 2.24) is 15.1 Å². The van der Waals surface area contributed by atoms with Gasteiger partial charge in [-0.2, -0.15) is 0 Å². The SMILES string of the molecule is CCC(=O)N1Cc2ccccc2CC2(CCN(CC3CCNC3)C2)C1. The molecule has 2 atom stereocenters. The molecular weight excluding hydrogens is 310 g/mol. The molecule has 3 aliphatic heterocycles. The molecule has 1 N–H and O–H groups in total. The minimum Gasteiger partial charge on any atom is -0.338 e. The van der Waals surface area contributed by atoms with Gasteiger partial charge in [-0.15, -0.1) is 0 Å². The zero-order valence-electron chi connectivity index (χ0n) is 15.5. The van der Waals surface area contributed by atoms with Crippen molar-refractivity contribution in [2.45, 2.75) is 39.2 Å². The van der Waals surface area contributed by atoms with Crippen LogP contribution in [-0.2, 0) is 17.8 Å². The Hall–Kier alpha value is -1.39. The number of hydrogen-bond donors (Lipinski definition) is 1. The van der Waals surface area contributed by atoms with Crippen molar-refractivity contribution in [2.24, 2.45) is 11.3 Å². The van der Waals surface area contributed by atoms with Crippen LogP contribution in [0.4, 0.5) is 0 Å². The van der Waals surface area contributed by atoms with E-state index >= 15 is 0 Å². The van der Waals surface area contributed by atoms with Crippen LogP contribution < -0.4 is 5.32 Å². The Morgan fingerprint density at radius 1 is 1.28 bits per heavy atom. The molecule has 25 heavy (non-hydrogen) atoms. The maximum absolute atomic E-state index is 12.5. The molecule has 1 aromatic carbocycles. The molecule has 0 bridgehead atoms. The lowest BCUT2D eigenvalue weighted by atomic mass is 9.80. The zero-order valence-corrected chi connectivity index (χ0v) is 15.5. The molecule has 4 heteroatoms. The summed E-state index contributed by atoms with van der Waals surface area (Å²) in [7, 11) is 0. The maximum Gasteiger partial charge on any atom is 0.222 e. The summed E-state index contributed by atoms with van der Waals surface area (Å²) in [4.78, 5) is 17.3. The van der Waals surface area contributed by atoms with Gasteiger partial charge in [0.2, 0.25) is 5.91 Å². The van der Waals surface area contributed by atoms with Crippen LogP contribution in [0.15, 0.2) is 24.3 Å². The summed E-state index contributed by atoms with van der Waals surface area (Å²) in [6, 6.07) is 8.75. The molecule has 2 saturated heterocycles. The van der Waals surface area contributed by atoms with Gasteiger partial charge >= 0.3 is 0 Å². The van der Waals surface area contributed by atoms with Gasteiger partial charge in [0, 0.05) is 38.0 Å². The highest BCUT2D eigenvalue weighted by Gasteiger charge is 2.42. The molecule has 0 radical (unpaired) electrons. The Labute approximate surface area is 151 Å². The average molecular weight is 341 g/mol. The molecular formula is C21H31N3O. The van der Waals surface area contributed by atoms with Crippen LogP contribution in [0.5, 0.6) is 0 Å². The summed E-state index contributed by atoms with van der Waals surface area (Å²) in [5.74, 6) is 1.11. The molecule has 0 saturated carbocycles. The average Bonchev–Trinajstić information content (AvgIpc) is 3.22. The first-order valence-corrected chi connectivity index (χ1v) is 9.95. The van der Waals surface area contributed by atoms with Gasteiger partial charge in [-0.1, -0.05) is 31.2 Å². The number of carbonyl (C=O) groups is 1. The quantitative estimate of drug-likeness (QED) is 0.916. The van der Waals surface area contributed by atoms with Gasteiger partial charge in [0.15, 0.2) is 0 Å². The second-order valence-electron chi connectivity index (χ2n) is 8.39. The molecule has 4 rings (SSSR count). The fraction of sp³-hybridized carbons (Fsp3) is 0.667. The van der Waals surface area contributed by atoms with Gasteiger partial charge < -0.3 is 15.1 Å². The second-order valence-corrected chi connectivity index (χ2v) is 8.39. The van der Waals surface area contributed by atoms with Gasteiger partial charge in [0.1, 0.15) is 0 Å². The number of hydrogen-bond acceptors (Lipinski definition) is 3. The van der Waals surface area contributed by atoms with E-state index in [1.165, 1.54) is 50.1 Å². The number of fused-ring (bicyclic) bond motifs is 1. The summed E-state index contributed by atoms with van der Waals surface area (Å²) in [5.41, 5.74) is 3.04. The highest BCUT2D eigenvalue weighted by atomic mass is 16.2. The number of nitrogens with zero attached hydrogens (tertiary/aromatic N) is 2. The number of benzene rings is 1. The number of carbonyl (C=O) groups excluding carboxylic acids is 1. The standard InChI is InChI=1S/C21H31N3O/c1-2-20(25)24-14-19-6-4-3-5-18(19)11-21(16-24)8-10-23(15-21)13-17-7-9-22-12-17/h3-6,17,22H,2,7-16H2,1H3. The van der Waals surface area contributed by atoms with E-state index in [9.17, 15) is 4.79 Å². The molecule has 4 nitrogen and oxygen atoms in total. The number of rotatable bonds is 3. The lowest BCUT2D eigenvalue weighted by molar-refractivity contribution is -0.132. The molecule has 1 aromatic rings. The summed E-state index contributed by atoms with van der Waals surface area (Å²) in [6.45, 7) is 9.60. The Kier molecular flexibility index (Phi) is 4.83. The van der Waals surface area contributed by atoms with E-state index in [-0.39, 0.29) is 5.41 Å². The zero-order chi connectivity index (χ0) is 17.3. The largest absolute Gasteiger partial charge is 0.338 e. The molecule has 0 aromatic heterocycles. The Morgan fingerprint density at radius 3 is 2.88 bits per heavy atom.